The first-order valence-electron chi connectivity index (χ1n) is 28.8. The van der Waals surface area contributed by atoms with Gasteiger partial charge in [0.2, 0.25) is 0 Å². The van der Waals surface area contributed by atoms with Crippen molar-refractivity contribution >= 4 is 17.9 Å². The maximum Gasteiger partial charge on any atom is 0.306 e. The van der Waals surface area contributed by atoms with Crippen LogP contribution in [0.1, 0.15) is 324 Å². The Morgan fingerprint density at radius 2 is 0.547 bits per heavy atom. The molecular formula is C58H112O6. The normalized spacial score (nSPS) is 12.9. The number of carbonyl (C=O) groups is 3. The SMILES string of the molecule is CCCCCCCCCCCCC(=O)OC[C@@H](COC(=O)CCCCCCCCCCCCCCCCCCCCC(C)CC)OC(=O)CCCCCCCCCCCCC(C)CC. The van der Waals surface area contributed by atoms with E-state index in [9.17, 15) is 14.4 Å². The van der Waals surface area contributed by atoms with E-state index in [2.05, 4.69) is 34.6 Å². The lowest BCUT2D eigenvalue weighted by atomic mass is 9.99. The van der Waals surface area contributed by atoms with Gasteiger partial charge in [0.25, 0.3) is 0 Å². The monoisotopic (exact) mass is 905 g/mol. The lowest BCUT2D eigenvalue weighted by Crippen LogP contribution is -2.30. The van der Waals surface area contributed by atoms with Gasteiger partial charge in [0.05, 0.1) is 0 Å². The summed E-state index contributed by atoms with van der Waals surface area (Å²) in [7, 11) is 0. The van der Waals surface area contributed by atoms with Gasteiger partial charge in [-0.1, -0.05) is 285 Å². The van der Waals surface area contributed by atoms with Crippen LogP contribution in [0.3, 0.4) is 0 Å². The highest BCUT2D eigenvalue weighted by Crippen LogP contribution is 2.19. The Kier molecular flexibility index (Phi) is 49.6. The summed E-state index contributed by atoms with van der Waals surface area (Å²) in [4.78, 5) is 38.0. The van der Waals surface area contributed by atoms with Crippen LogP contribution in [-0.4, -0.2) is 37.2 Å². The summed E-state index contributed by atoms with van der Waals surface area (Å²) in [6.45, 7) is 11.5. The molecular weight excluding hydrogens is 793 g/mol. The molecule has 0 saturated heterocycles. The first kappa shape index (κ1) is 62.4. The van der Waals surface area contributed by atoms with Crippen LogP contribution in [0.25, 0.3) is 0 Å². The van der Waals surface area contributed by atoms with E-state index in [1.807, 2.05) is 0 Å². The Labute approximate surface area is 399 Å². The summed E-state index contributed by atoms with van der Waals surface area (Å²) >= 11 is 0. The highest BCUT2D eigenvalue weighted by molar-refractivity contribution is 5.71. The minimum absolute atomic E-state index is 0.0630. The number of hydrogen-bond acceptors (Lipinski definition) is 6. The molecule has 0 N–H and O–H groups in total. The van der Waals surface area contributed by atoms with Gasteiger partial charge in [-0.3, -0.25) is 14.4 Å². The van der Waals surface area contributed by atoms with Crippen molar-refractivity contribution in [3.05, 3.63) is 0 Å². The van der Waals surface area contributed by atoms with Gasteiger partial charge in [0.1, 0.15) is 13.2 Å². The number of rotatable bonds is 52. The number of carbonyl (C=O) groups excluding carboxylic acids is 3. The van der Waals surface area contributed by atoms with E-state index in [1.165, 1.54) is 212 Å². The molecule has 380 valence electrons. The van der Waals surface area contributed by atoms with Gasteiger partial charge < -0.3 is 14.2 Å². The van der Waals surface area contributed by atoms with Crippen LogP contribution < -0.4 is 0 Å². The Morgan fingerprint density at radius 1 is 0.312 bits per heavy atom. The predicted molar refractivity (Wildman–Crippen MR) is 275 cm³/mol. The molecule has 2 unspecified atom stereocenters. The van der Waals surface area contributed by atoms with E-state index < -0.39 is 6.10 Å². The van der Waals surface area contributed by atoms with Crippen LogP contribution >= 0.6 is 0 Å². The number of unbranched alkanes of at least 4 members (excludes halogenated alkanes) is 35. The van der Waals surface area contributed by atoms with Crippen molar-refractivity contribution in [1.82, 2.24) is 0 Å². The van der Waals surface area contributed by atoms with Crippen molar-refractivity contribution in [1.29, 1.82) is 0 Å². The van der Waals surface area contributed by atoms with Gasteiger partial charge in [-0.15, -0.1) is 0 Å². The zero-order chi connectivity index (χ0) is 46.8. The van der Waals surface area contributed by atoms with Crippen LogP contribution in [-0.2, 0) is 28.6 Å². The lowest BCUT2D eigenvalue weighted by Gasteiger charge is -2.18. The molecule has 3 atom stereocenters. The van der Waals surface area contributed by atoms with Crippen molar-refractivity contribution < 1.29 is 28.6 Å². The zero-order valence-electron chi connectivity index (χ0n) is 43.9. The Balaban J connectivity index is 4.20. The van der Waals surface area contributed by atoms with Crippen LogP contribution in [0, 0.1) is 11.8 Å². The topological polar surface area (TPSA) is 78.9 Å². The third-order valence-electron chi connectivity index (χ3n) is 13.9. The van der Waals surface area contributed by atoms with E-state index in [0.717, 1.165) is 69.6 Å². The summed E-state index contributed by atoms with van der Waals surface area (Å²) in [6.07, 6.45) is 53.7. The van der Waals surface area contributed by atoms with Gasteiger partial charge in [-0.25, -0.2) is 0 Å². The molecule has 0 aliphatic rings. The highest BCUT2D eigenvalue weighted by atomic mass is 16.6. The molecule has 0 amide bonds. The fraction of sp³-hybridized carbons (Fsp3) is 0.948. The lowest BCUT2D eigenvalue weighted by molar-refractivity contribution is -0.167. The molecule has 0 aliphatic carbocycles. The van der Waals surface area contributed by atoms with Crippen molar-refractivity contribution in [3.8, 4) is 0 Å². The fourth-order valence-corrected chi connectivity index (χ4v) is 8.81. The van der Waals surface area contributed by atoms with Gasteiger partial charge in [0.15, 0.2) is 6.10 Å². The fourth-order valence-electron chi connectivity index (χ4n) is 8.81. The minimum atomic E-state index is -0.762. The van der Waals surface area contributed by atoms with Crippen LogP contribution in [0.15, 0.2) is 0 Å². The largest absolute Gasteiger partial charge is 0.462 e. The summed E-state index contributed by atoms with van der Waals surface area (Å²) in [6, 6.07) is 0. The van der Waals surface area contributed by atoms with Gasteiger partial charge in [0, 0.05) is 19.3 Å². The highest BCUT2D eigenvalue weighted by Gasteiger charge is 2.19. The van der Waals surface area contributed by atoms with Crippen LogP contribution in [0.5, 0.6) is 0 Å². The van der Waals surface area contributed by atoms with Gasteiger partial charge in [-0.2, -0.15) is 0 Å². The predicted octanol–water partition coefficient (Wildman–Crippen LogP) is 18.9. The second-order valence-electron chi connectivity index (χ2n) is 20.4. The molecule has 64 heavy (non-hydrogen) atoms. The molecule has 0 heterocycles. The zero-order valence-corrected chi connectivity index (χ0v) is 43.9. The molecule has 0 aliphatic heterocycles. The second-order valence-corrected chi connectivity index (χ2v) is 20.4. The van der Waals surface area contributed by atoms with Gasteiger partial charge >= 0.3 is 17.9 Å². The van der Waals surface area contributed by atoms with E-state index >= 15 is 0 Å². The molecule has 0 fully saturated rings. The van der Waals surface area contributed by atoms with E-state index in [0.29, 0.717) is 19.3 Å². The van der Waals surface area contributed by atoms with Crippen molar-refractivity contribution in [2.24, 2.45) is 11.8 Å². The molecule has 0 saturated carbocycles. The molecule has 0 aromatic rings. The minimum Gasteiger partial charge on any atom is -0.462 e. The number of esters is 3. The summed E-state index contributed by atoms with van der Waals surface area (Å²) in [5.74, 6) is 0.934. The maximum atomic E-state index is 12.8. The molecule has 6 nitrogen and oxygen atoms in total. The van der Waals surface area contributed by atoms with Crippen LogP contribution in [0.4, 0.5) is 0 Å². The molecule has 0 spiro atoms. The third kappa shape index (κ3) is 48.3. The maximum absolute atomic E-state index is 12.8. The summed E-state index contributed by atoms with van der Waals surface area (Å²) in [5, 5.41) is 0. The Hall–Kier alpha value is -1.59. The molecule has 0 aromatic carbocycles. The molecule has 0 bridgehead atoms. The summed E-state index contributed by atoms with van der Waals surface area (Å²) < 4.78 is 16.8. The molecule has 0 aromatic heterocycles. The molecule has 0 radical (unpaired) electrons. The number of hydrogen-bond donors (Lipinski definition) is 0. The molecule has 0 rings (SSSR count). The Morgan fingerprint density at radius 3 is 0.812 bits per heavy atom. The van der Waals surface area contributed by atoms with E-state index in [1.54, 1.807) is 0 Å². The van der Waals surface area contributed by atoms with Gasteiger partial charge in [-0.05, 0) is 31.1 Å². The smallest absolute Gasteiger partial charge is 0.306 e. The van der Waals surface area contributed by atoms with E-state index in [-0.39, 0.29) is 31.1 Å². The Bertz CT molecular complexity index is 982. The first-order valence-corrected chi connectivity index (χ1v) is 28.8. The van der Waals surface area contributed by atoms with E-state index in [4.69, 9.17) is 14.2 Å². The average molecular weight is 906 g/mol. The second kappa shape index (κ2) is 50.8. The standard InChI is InChI=1S/C58H112O6/c1-6-9-10-11-12-13-28-33-38-43-48-56(59)62-51-55(64-58(61)50-45-40-35-30-25-24-27-32-37-42-47-54(5)8-3)52-63-57(60)49-44-39-34-29-23-21-19-17-15-14-16-18-20-22-26-31-36-41-46-53(4)7-2/h53-55H,6-52H2,1-5H3/t53?,54?,55-/m0/s1. The third-order valence-corrected chi connectivity index (χ3v) is 13.9. The van der Waals surface area contributed by atoms with Crippen LogP contribution in [0.2, 0.25) is 0 Å². The summed E-state index contributed by atoms with van der Waals surface area (Å²) in [5.41, 5.74) is 0. The number of ether oxygens (including phenoxy) is 3. The van der Waals surface area contributed by atoms with Crippen molar-refractivity contribution in [2.75, 3.05) is 13.2 Å². The van der Waals surface area contributed by atoms with Crippen molar-refractivity contribution in [2.45, 2.75) is 330 Å². The first-order chi connectivity index (χ1) is 31.3. The average Bonchev–Trinajstić information content (AvgIpc) is 3.29. The quantitative estimate of drug-likeness (QED) is 0.0344. The van der Waals surface area contributed by atoms with Crippen molar-refractivity contribution in [3.63, 3.8) is 0 Å². The molecule has 6 heteroatoms.